The van der Waals surface area contributed by atoms with Crippen LogP contribution < -0.4 is 10.3 Å². The van der Waals surface area contributed by atoms with E-state index in [9.17, 15) is 4.79 Å². The topological polar surface area (TPSA) is 44.7 Å². The zero-order valence-corrected chi connectivity index (χ0v) is 19.4. The fourth-order valence-electron chi connectivity index (χ4n) is 4.24. The van der Waals surface area contributed by atoms with Crippen LogP contribution in [-0.2, 0) is 0 Å². The largest absolute Gasteiger partial charge is 0.366 e. The van der Waals surface area contributed by atoms with Crippen LogP contribution in [0.4, 0.5) is 5.69 Å². The van der Waals surface area contributed by atoms with E-state index in [2.05, 4.69) is 84.8 Å². The van der Waals surface area contributed by atoms with Gasteiger partial charge in [0.1, 0.15) is 0 Å². The molecule has 28 heavy (non-hydrogen) atoms. The molecule has 0 fully saturated rings. The van der Waals surface area contributed by atoms with Crippen LogP contribution in [0.15, 0.2) is 41.5 Å². The van der Waals surface area contributed by atoms with Crippen molar-refractivity contribution in [3.8, 4) is 0 Å². The van der Waals surface area contributed by atoms with Crippen molar-refractivity contribution < 1.29 is 4.79 Å². The number of nitrogens with one attached hydrogen (secondary N) is 1. The van der Waals surface area contributed by atoms with Gasteiger partial charge in [0.15, 0.2) is 0 Å². The predicted octanol–water partition coefficient (Wildman–Crippen LogP) is 5.48. The van der Waals surface area contributed by atoms with Crippen molar-refractivity contribution in [3.63, 3.8) is 0 Å². The number of halogens is 1. The van der Waals surface area contributed by atoms with E-state index in [-0.39, 0.29) is 11.4 Å². The lowest BCUT2D eigenvalue weighted by molar-refractivity contribution is 0.0955. The highest BCUT2D eigenvalue weighted by Crippen LogP contribution is 2.43. The van der Waals surface area contributed by atoms with E-state index in [1.807, 2.05) is 18.2 Å². The number of benzene rings is 2. The van der Waals surface area contributed by atoms with Crippen molar-refractivity contribution in [3.05, 3.63) is 62.2 Å². The first-order valence-electron chi connectivity index (χ1n) is 9.74. The van der Waals surface area contributed by atoms with Gasteiger partial charge in [-0.1, -0.05) is 13.0 Å². The van der Waals surface area contributed by atoms with Gasteiger partial charge in [0.05, 0.1) is 6.21 Å². The molecule has 5 heteroatoms. The Kier molecular flexibility index (Phi) is 6.12. The fraction of sp³-hybridized carbons (Fsp3) is 0.391. The normalized spacial score (nSPS) is 18.2. The molecule has 0 radical (unpaired) electrons. The molecule has 0 aliphatic carbocycles. The maximum atomic E-state index is 12.3. The molecule has 1 atom stereocenters. The van der Waals surface area contributed by atoms with Gasteiger partial charge in [-0.3, -0.25) is 4.79 Å². The number of rotatable bonds is 4. The molecule has 1 unspecified atom stereocenters. The minimum absolute atomic E-state index is 0.157. The fourth-order valence-corrected chi connectivity index (χ4v) is 4.79. The van der Waals surface area contributed by atoms with Crippen molar-refractivity contribution in [1.29, 1.82) is 0 Å². The van der Waals surface area contributed by atoms with Gasteiger partial charge in [0.25, 0.3) is 5.91 Å². The Morgan fingerprint density at radius 3 is 2.79 bits per heavy atom. The number of amides is 1. The van der Waals surface area contributed by atoms with Gasteiger partial charge in [-0.15, -0.1) is 0 Å². The molecule has 0 saturated carbocycles. The van der Waals surface area contributed by atoms with Gasteiger partial charge in [0.2, 0.25) is 0 Å². The summed E-state index contributed by atoms with van der Waals surface area (Å²) in [6.45, 7) is 12.2. The van der Waals surface area contributed by atoms with E-state index < -0.39 is 0 Å². The molecule has 2 aromatic rings. The lowest BCUT2D eigenvalue weighted by atomic mass is 9.79. The van der Waals surface area contributed by atoms with Crippen LogP contribution in [0.3, 0.4) is 0 Å². The van der Waals surface area contributed by atoms with E-state index in [1.54, 1.807) is 12.3 Å². The lowest BCUT2D eigenvalue weighted by Crippen LogP contribution is -2.48. The zero-order chi connectivity index (χ0) is 20.5. The number of carbonyl (C=O) groups excluding carboxylic acids is 1. The lowest BCUT2D eigenvalue weighted by Gasteiger charge is -2.47. The Morgan fingerprint density at radius 2 is 2.11 bits per heavy atom. The summed E-state index contributed by atoms with van der Waals surface area (Å²) in [6.07, 6.45) is 2.88. The van der Waals surface area contributed by atoms with Crippen LogP contribution in [0.1, 0.15) is 67.1 Å². The smallest absolute Gasteiger partial charge is 0.271 e. The molecule has 0 saturated heterocycles. The molecule has 1 amide bonds. The van der Waals surface area contributed by atoms with Gasteiger partial charge in [-0.05, 0) is 110 Å². The number of anilines is 1. The summed E-state index contributed by atoms with van der Waals surface area (Å²) in [4.78, 5) is 14.8. The first-order chi connectivity index (χ1) is 13.2. The van der Waals surface area contributed by atoms with E-state index in [4.69, 9.17) is 0 Å². The highest BCUT2D eigenvalue weighted by Gasteiger charge is 2.35. The Bertz CT molecular complexity index is 920. The molecule has 3 rings (SSSR count). The molecule has 0 bridgehead atoms. The maximum Gasteiger partial charge on any atom is 0.271 e. The number of hydrogen-bond acceptors (Lipinski definition) is 3. The first kappa shape index (κ1) is 20.8. The van der Waals surface area contributed by atoms with Gasteiger partial charge < -0.3 is 4.90 Å². The standard InChI is InChI=1S/C23H28IN3O/c1-6-27-21-10-15(2)18(12-20(21)16(3)13-23(27,4)5)14-25-26-22(28)17-8-7-9-19(24)11-17/h7-12,14,16H,6,13H2,1-5H3,(H,26,28)/b25-14-. The summed E-state index contributed by atoms with van der Waals surface area (Å²) in [5.74, 6) is 0.291. The summed E-state index contributed by atoms with van der Waals surface area (Å²) >= 11 is 2.20. The molecule has 0 spiro atoms. The van der Waals surface area contributed by atoms with Crippen LogP contribution in [0, 0.1) is 10.5 Å². The van der Waals surface area contributed by atoms with E-state index in [0.717, 1.165) is 27.7 Å². The first-order valence-corrected chi connectivity index (χ1v) is 10.8. The third-order valence-corrected chi connectivity index (χ3v) is 6.22. The van der Waals surface area contributed by atoms with Crippen molar-refractivity contribution in [2.75, 3.05) is 11.4 Å². The van der Waals surface area contributed by atoms with Crippen molar-refractivity contribution >= 4 is 40.4 Å². The second kappa shape index (κ2) is 8.23. The monoisotopic (exact) mass is 489 g/mol. The Hall–Kier alpha value is -1.89. The third-order valence-electron chi connectivity index (χ3n) is 5.55. The number of hydrazone groups is 1. The summed E-state index contributed by atoms with van der Waals surface area (Å²) in [5.41, 5.74) is 8.30. The number of fused-ring (bicyclic) bond motifs is 1. The van der Waals surface area contributed by atoms with Gasteiger partial charge >= 0.3 is 0 Å². The number of hydrogen-bond donors (Lipinski definition) is 1. The highest BCUT2D eigenvalue weighted by molar-refractivity contribution is 14.1. The van der Waals surface area contributed by atoms with Crippen molar-refractivity contribution in [2.24, 2.45) is 5.10 Å². The average molecular weight is 489 g/mol. The molecule has 1 heterocycles. The molecule has 1 aliphatic heterocycles. The Labute approximate surface area is 181 Å². The number of nitrogens with zero attached hydrogens (tertiary/aromatic N) is 2. The summed E-state index contributed by atoms with van der Waals surface area (Å²) in [5, 5.41) is 4.21. The van der Waals surface area contributed by atoms with Crippen LogP contribution in [0.2, 0.25) is 0 Å². The van der Waals surface area contributed by atoms with Crippen LogP contribution in [0.5, 0.6) is 0 Å². The van der Waals surface area contributed by atoms with Crippen LogP contribution in [-0.4, -0.2) is 24.2 Å². The Morgan fingerprint density at radius 1 is 1.36 bits per heavy atom. The SMILES string of the molecule is CCN1c2cc(C)c(/C=N\NC(=O)c3cccc(I)c3)cc2C(C)CC1(C)C. The molecule has 1 aliphatic rings. The molecule has 148 valence electrons. The molecular formula is C23H28IN3O. The predicted molar refractivity (Wildman–Crippen MR) is 126 cm³/mol. The Balaban J connectivity index is 1.83. The van der Waals surface area contributed by atoms with Crippen molar-refractivity contribution in [2.45, 2.75) is 52.5 Å². The molecule has 0 aromatic heterocycles. The van der Waals surface area contributed by atoms with Gasteiger partial charge in [-0.25, -0.2) is 5.43 Å². The van der Waals surface area contributed by atoms with Crippen LogP contribution >= 0.6 is 22.6 Å². The second-order valence-corrected chi connectivity index (χ2v) is 9.38. The van der Waals surface area contributed by atoms with Gasteiger partial charge in [-0.2, -0.15) is 5.10 Å². The van der Waals surface area contributed by atoms with Crippen molar-refractivity contribution in [1.82, 2.24) is 5.43 Å². The third kappa shape index (κ3) is 4.24. The van der Waals surface area contributed by atoms with Crippen LogP contribution in [0.25, 0.3) is 0 Å². The van der Waals surface area contributed by atoms with E-state index >= 15 is 0 Å². The molecule has 1 N–H and O–H groups in total. The second-order valence-electron chi connectivity index (χ2n) is 8.14. The molecule has 2 aromatic carbocycles. The van der Waals surface area contributed by atoms with E-state index in [1.165, 1.54) is 11.3 Å². The maximum absolute atomic E-state index is 12.3. The molecular weight excluding hydrogens is 461 g/mol. The minimum Gasteiger partial charge on any atom is -0.366 e. The minimum atomic E-state index is -0.197. The average Bonchev–Trinajstić information content (AvgIpc) is 2.62. The quantitative estimate of drug-likeness (QED) is 0.352. The number of carbonyl (C=O) groups is 1. The van der Waals surface area contributed by atoms with E-state index in [0.29, 0.717) is 11.5 Å². The summed E-state index contributed by atoms with van der Waals surface area (Å²) < 4.78 is 1.03. The summed E-state index contributed by atoms with van der Waals surface area (Å²) in [7, 11) is 0. The zero-order valence-electron chi connectivity index (χ0n) is 17.2. The van der Waals surface area contributed by atoms with Gasteiger partial charge in [0, 0.05) is 26.9 Å². The number of aryl methyl sites for hydroxylation is 1. The molecule has 4 nitrogen and oxygen atoms in total. The highest BCUT2D eigenvalue weighted by atomic mass is 127. The summed E-state index contributed by atoms with van der Waals surface area (Å²) in [6, 6.07) is 12.0.